The van der Waals surface area contributed by atoms with Crippen molar-refractivity contribution >= 4 is 29.2 Å². The summed E-state index contributed by atoms with van der Waals surface area (Å²) in [5.41, 5.74) is 4.37. The van der Waals surface area contributed by atoms with Gasteiger partial charge < -0.3 is 19.5 Å². The highest BCUT2D eigenvalue weighted by Crippen LogP contribution is 2.26. The molecule has 0 saturated carbocycles. The molecule has 0 aliphatic rings. The van der Waals surface area contributed by atoms with Gasteiger partial charge in [0.2, 0.25) is 0 Å². The van der Waals surface area contributed by atoms with Crippen molar-refractivity contribution in [3.05, 3.63) is 48.0 Å². The molecule has 0 spiro atoms. The highest BCUT2D eigenvalue weighted by Gasteiger charge is 2.04. The third-order valence-electron chi connectivity index (χ3n) is 3.14. The van der Waals surface area contributed by atoms with Crippen molar-refractivity contribution in [1.29, 1.82) is 0 Å². The maximum atomic E-state index is 5.25. The summed E-state index contributed by atoms with van der Waals surface area (Å²) in [4.78, 5) is 0. The van der Waals surface area contributed by atoms with Crippen LogP contribution in [0.1, 0.15) is 5.56 Å². The molecule has 126 valence electrons. The van der Waals surface area contributed by atoms with Gasteiger partial charge in [-0.2, -0.15) is 5.10 Å². The van der Waals surface area contributed by atoms with E-state index in [0.29, 0.717) is 22.4 Å². The number of para-hydroxylation sites is 2. The van der Waals surface area contributed by atoms with Crippen LogP contribution in [-0.4, -0.2) is 32.7 Å². The molecule has 2 N–H and O–H groups in total. The molecular formula is C17H19N3O3S. The zero-order chi connectivity index (χ0) is 17.4. The zero-order valence-electron chi connectivity index (χ0n) is 13.7. The molecule has 0 saturated heterocycles. The molecule has 2 aromatic rings. The number of thiocarbonyl (C=S) groups is 1. The van der Waals surface area contributed by atoms with Crippen molar-refractivity contribution in [3.8, 4) is 17.2 Å². The lowest BCUT2D eigenvalue weighted by atomic mass is 10.2. The molecule has 0 aromatic heterocycles. The Kier molecular flexibility index (Phi) is 6.39. The molecule has 7 heteroatoms. The van der Waals surface area contributed by atoms with E-state index in [4.69, 9.17) is 26.4 Å². The summed E-state index contributed by atoms with van der Waals surface area (Å²) >= 11 is 5.21. The van der Waals surface area contributed by atoms with Crippen LogP contribution in [0, 0.1) is 0 Å². The molecule has 0 fully saturated rings. The highest BCUT2D eigenvalue weighted by molar-refractivity contribution is 7.80. The Morgan fingerprint density at radius 2 is 1.67 bits per heavy atom. The average Bonchev–Trinajstić information content (AvgIpc) is 2.62. The molecule has 0 amide bonds. The molecule has 6 nitrogen and oxygen atoms in total. The van der Waals surface area contributed by atoms with Gasteiger partial charge in [0.05, 0.1) is 33.2 Å². The van der Waals surface area contributed by atoms with E-state index in [-0.39, 0.29) is 0 Å². The number of ether oxygens (including phenoxy) is 3. The van der Waals surface area contributed by atoms with Crippen molar-refractivity contribution < 1.29 is 14.2 Å². The number of nitrogens with one attached hydrogen (secondary N) is 2. The minimum Gasteiger partial charge on any atom is -0.495 e. The van der Waals surface area contributed by atoms with Crippen LogP contribution in [0.2, 0.25) is 0 Å². The fourth-order valence-electron chi connectivity index (χ4n) is 2.00. The van der Waals surface area contributed by atoms with E-state index in [9.17, 15) is 0 Å². The summed E-state index contributed by atoms with van der Waals surface area (Å²) in [6.45, 7) is 0. The SMILES string of the molecule is COc1ccccc1NC(=S)N/N=C/c1ccc(OC)c(OC)c1. The van der Waals surface area contributed by atoms with Gasteiger partial charge in [-0.3, -0.25) is 5.43 Å². The third-order valence-corrected chi connectivity index (χ3v) is 3.34. The Morgan fingerprint density at radius 1 is 0.958 bits per heavy atom. The van der Waals surface area contributed by atoms with Gasteiger partial charge in [-0.1, -0.05) is 12.1 Å². The van der Waals surface area contributed by atoms with Crippen LogP contribution in [0.3, 0.4) is 0 Å². The van der Waals surface area contributed by atoms with Crippen LogP contribution in [0.15, 0.2) is 47.6 Å². The summed E-state index contributed by atoms with van der Waals surface area (Å²) in [6.07, 6.45) is 1.64. The maximum absolute atomic E-state index is 5.25. The Hall–Kier alpha value is -2.80. The number of nitrogens with zero attached hydrogens (tertiary/aromatic N) is 1. The minimum absolute atomic E-state index is 0.358. The molecular weight excluding hydrogens is 326 g/mol. The predicted octanol–water partition coefficient (Wildman–Crippen LogP) is 3.03. The van der Waals surface area contributed by atoms with Crippen LogP contribution >= 0.6 is 12.2 Å². The molecule has 0 heterocycles. The Morgan fingerprint density at radius 3 is 2.38 bits per heavy atom. The molecule has 2 aromatic carbocycles. The van der Waals surface area contributed by atoms with E-state index in [1.165, 1.54) is 0 Å². The second-order valence-corrected chi connectivity index (χ2v) is 5.05. The summed E-state index contributed by atoms with van der Waals surface area (Å²) in [7, 11) is 4.78. The monoisotopic (exact) mass is 345 g/mol. The molecule has 0 aliphatic heterocycles. The summed E-state index contributed by atoms with van der Waals surface area (Å²) < 4.78 is 15.7. The standard InChI is InChI=1S/C17H19N3O3S/c1-21-14-7-5-4-6-13(14)19-17(24)20-18-11-12-8-9-15(22-2)16(10-12)23-3/h4-11H,1-3H3,(H2,19,20,24)/b18-11+. The molecule has 0 bridgehead atoms. The summed E-state index contributed by atoms with van der Waals surface area (Å²) in [6, 6.07) is 13.0. The van der Waals surface area contributed by atoms with E-state index in [1.54, 1.807) is 27.5 Å². The number of methoxy groups -OCH3 is 3. The number of anilines is 1. The van der Waals surface area contributed by atoms with Crippen molar-refractivity contribution in [2.24, 2.45) is 5.10 Å². The number of hydrogen-bond acceptors (Lipinski definition) is 5. The van der Waals surface area contributed by atoms with Crippen LogP contribution in [0.4, 0.5) is 5.69 Å². The normalized spacial score (nSPS) is 10.3. The molecule has 24 heavy (non-hydrogen) atoms. The zero-order valence-corrected chi connectivity index (χ0v) is 14.5. The van der Waals surface area contributed by atoms with E-state index < -0.39 is 0 Å². The van der Waals surface area contributed by atoms with E-state index in [1.807, 2.05) is 42.5 Å². The topological polar surface area (TPSA) is 64.1 Å². The molecule has 0 unspecified atom stereocenters. The first-order valence-corrected chi connectivity index (χ1v) is 7.54. The quantitative estimate of drug-likeness (QED) is 0.477. The van der Waals surface area contributed by atoms with Crippen LogP contribution in [-0.2, 0) is 0 Å². The lowest BCUT2D eigenvalue weighted by Gasteiger charge is -2.11. The second kappa shape index (κ2) is 8.73. The number of benzene rings is 2. The first kappa shape index (κ1) is 17.6. The second-order valence-electron chi connectivity index (χ2n) is 4.64. The van der Waals surface area contributed by atoms with E-state index >= 15 is 0 Å². The number of hydrogen-bond donors (Lipinski definition) is 2. The minimum atomic E-state index is 0.358. The fourth-order valence-corrected chi connectivity index (χ4v) is 2.16. The third kappa shape index (κ3) is 4.60. The van der Waals surface area contributed by atoms with Crippen molar-refractivity contribution in [1.82, 2.24) is 5.43 Å². The summed E-state index contributed by atoms with van der Waals surface area (Å²) in [5, 5.41) is 7.49. The lowest BCUT2D eigenvalue weighted by Crippen LogP contribution is -2.24. The number of hydrazone groups is 1. The Labute approximate surface area is 146 Å². The first-order chi connectivity index (χ1) is 11.7. The van der Waals surface area contributed by atoms with Crippen molar-refractivity contribution in [2.75, 3.05) is 26.6 Å². The highest BCUT2D eigenvalue weighted by atomic mass is 32.1. The van der Waals surface area contributed by atoms with Gasteiger partial charge in [-0.25, -0.2) is 0 Å². The van der Waals surface area contributed by atoms with Gasteiger partial charge in [0, 0.05) is 0 Å². The number of rotatable bonds is 6. The van der Waals surface area contributed by atoms with Crippen molar-refractivity contribution in [3.63, 3.8) is 0 Å². The fraction of sp³-hybridized carbons (Fsp3) is 0.176. The summed E-state index contributed by atoms with van der Waals surface area (Å²) in [5.74, 6) is 2.00. The van der Waals surface area contributed by atoms with Crippen LogP contribution < -0.4 is 25.0 Å². The lowest BCUT2D eigenvalue weighted by molar-refractivity contribution is 0.355. The van der Waals surface area contributed by atoms with Crippen LogP contribution in [0.25, 0.3) is 0 Å². The predicted molar refractivity (Wildman–Crippen MR) is 99.5 cm³/mol. The van der Waals surface area contributed by atoms with Gasteiger partial charge in [-0.05, 0) is 48.1 Å². The average molecular weight is 345 g/mol. The van der Waals surface area contributed by atoms with Gasteiger partial charge in [-0.15, -0.1) is 0 Å². The van der Waals surface area contributed by atoms with Gasteiger partial charge >= 0.3 is 0 Å². The molecule has 0 radical (unpaired) electrons. The van der Waals surface area contributed by atoms with Crippen molar-refractivity contribution in [2.45, 2.75) is 0 Å². The largest absolute Gasteiger partial charge is 0.495 e. The van der Waals surface area contributed by atoms with Crippen LogP contribution in [0.5, 0.6) is 17.2 Å². The van der Waals surface area contributed by atoms with E-state index in [2.05, 4.69) is 15.8 Å². The van der Waals surface area contributed by atoms with Gasteiger partial charge in [0.1, 0.15) is 5.75 Å². The first-order valence-electron chi connectivity index (χ1n) is 7.13. The molecule has 0 aliphatic carbocycles. The Balaban J connectivity index is 1.97. The van der Waals surface area contributed by atoms with E-state index in [0.717, 1.165) is 11.3 Å². The molecule has 0 atom stereocenters. The maximum Gasteiger partial charge on any atom is 0.191 e. The molecule has 2 rings (SSSR count). The smallest absolute Gasteiger partial charge is 0.191 e. The van der Waals surface area contributed by atoms with Gasteiger partial charge in [0.25, 0.3) is 0 Å². The van der Waals surface area contributed by atoms with Gasteiger partial charge in [0.15, 0.2) is 16.6 Å². The Bertz CT molecular complexity index is 735.